The van der Waals surface area contributed by atoms with Crippen LogP contribution in [0.15, 0.2) is 36.4 Å². The van der Waals surface area contributed by atoms with E-state index in [9.17, 15) is 14.9 Å². The number of rotatable bonds is 3. The molecule has 5 nitrogen and oxygen atoms in total. The van der Waals surface area contributed by atoms with Crippen molar-refractivity contribution >= 4 is 40.5 Å². The van der Waals surface area contributed by atoms with Gasteiger partial charge in [0.2, 0.25) is 0 Å². The van der Waals surface area contributed by atoms with Gasteiger partial charge < -0.3 is 5.32 Å². The molecule has 21 heavy (non-hydrogen) atoms. The maximum absolute atomic E-state index is 12.1. The van der Waals surface area contributed by atoms with Gasteiger partial charge in [0.25, 0.3) is 11.6 Å². The molecule has 0 aliphatic heterocycles. The van der Waals surface area contributed by atoms with E-state index in [-0.39, 0.29) is 16.3 Å². The Labute approximate surface area is 130 Å². The first-order valence-corrected chi connectivity index (χ1v) is 6.65. The van der Waals surface area contributed by atoms with Gasteiger partial charge in [-0.2, -0.15) is 0 Å². The highest BCUT2D eigenvalue weighted by atomic mass is 35.5. The van der Waals surface area contributed by atoms with Gasteiger partial charge in [-0.25, -0.2) is 0 Å². The highest BCUT2D eigenvalue weighted by Crippen LogP contribution is 2.24. The first-order valence-electron chi connectivity index (χ1n) is 5.90. The van der Waals surface area contributed by atoms with Crippen molar-refractivity contribution in [2.75, 3.05) is 5.32 Å². The third-order valence-electron chi connectivity index (χ3n) is 2.84. The number of carbonyl (C=O) groups is 1. The summed E-state index contributed by atoms with van der Waals surface area (Å²) in [6, 6.07) is 8.73. The van der Waals surface area contributed by atoms with Crippen molar-refractivity contribution in [3.8, 4) is 0 Å². The van der Waals surface area contributed by atoms with Gasteiger partial charge >= 0.3 is 0 Å². The monoisotopic (exact) mass is 324 g/mol. The van der Waals surface area contributed by atoms with Gasteiger partial charge in [0.1, 0.15) is 0 Å². The fourth-order valence-electron chi connectivity index (χ4n) is 1.67. The lowest BCUT2D eigenvalue weighted by Gasteiger charge is -2.08. The minimum absolute atomic E-state index is 0.0302. The highest BCUT2D eigenvalue weighted by molar-refractivity contribution is 6.34. The van der Waals surface area contributed by atoms with Crippen LogP contribution in [0.5, 0.6) is 0 Å². The number of nitrogens with one attached hydrogen (secondary N) is 1. The molecule has 2 rings (SSSR count). The molecule has 2 aromatic rings. The Bertz CT molecular complexity index is 732. The molecule has 0 aromatic heterocycles. The number of nitro groups is 1. The van der Waals surface area contributed by atoms with E-state index in [1.54, 1.807) is 18.2 Å². The number of hydrogen-bond donors (Lipinski definition) is 1. The number of amides is 1. The number of non-ortho nitro benzene ring substituents is 1. The zero-order valence-electron chi connectivity index (χ0n) is 10.9. The molecule has 0 aliphatic carbocycles. The molecule has 7 heteroatoms. The van der Waals surface area contributed by atoms with Crippen LogP contribution >= 0.6 is 23.2 Å². The molecule has 0 spiro atoms. The molecule has 0 saturated carbocycles. The Morgan fingerprint density at radius 1 is 1.14 bits per heavy atom. The second kappa shape index (κ2) is 6.11. The van der Waals surface area contributed by atoms with Crippen molar-refractivity contribution in [1.29, 1.82) is 0 Å². The van der Waals surface area contributed by atoms with Crippen molar-refractivity contribution in [2.24, 2.45) is 0 Å². The average Bonchev–Trinajstić information content (AvgIpc) is 2.43. The fraction of sp³-hybridized carbons (Fsp3) is 0.0714. The Morgan fingerprint density at radius 3 is 2.48 bits per heavy atom. The zero-order valence-corrected chi connectivity index (χ0v) is 12.4. The average molecular weight is 325 g/mol. The van der Waals surface area contributed by atoms with E-state index in [4.69, 9.17) is 23.2 Å². The fourth-order valence-corrected chi connectivity index (χ4v) is 2.05. The van der Waals surface area contributed by atoms with E-state index in [2.05, 4.69) is 5.32 Å². The van der Waals surface area contributed by atoms with E-state index in [0.29, 0.717) is 10.7 Å². The number of benzene rings is 2. The van der Waals surface area contributed by atoms with Crippen molar-refractivity contribution in [2.45, 2.75) is 6.92 Å². The molecule has 108 valence electrons. The van der Waals surface area contributed by atoms with Gasteiger partial charge in [0.05, 0.1) is 15.5 Å². The summed E-state index contributed by atoms with van der Waals surface area (Å²) in [6.45, 7) is 1.84. The lowest BCUT2D eigenvalue weighted by molar-refractivity contribution is -0.384. The Hall–Kier alpha value is -2.11. The Morgan fingerprint density at radius 2 is 1.86 bits per heavy atom. The molecule has 0 bridgehead atoms. The quantitative estimate of drug-likeness (QED) is 0.669. The number of hydrogen-bond acceptors (Lipinski definition) is 3. The van der Waals surface area contributed by atoms with Crippen molar-refractivity contribution in [3.05, 3.63) is 67.7 Å². The molecule has 0 aliphatic rings. The molecule has 1 N–H and O–H groups in total. The summed E-state index contributed by atoms with van der Waals surface area (Å²) in [5, 5.41) is 14.0. The lowest BCUT2D eigenvalue weighted by Crippen LogP contribution is -2.12. The molecular weight excluding hydrogens is 315 g/mol. The largest absolute Gasteiger partial charge is 0.322 e. The zero-order chi connectivity index (χ0) is 15.6. The summed E-state index contributed by atoms with van der Waals surface area (Å²) in [5.41, 5.74) is 1.19. The molecule has 0 radical (unpaired) electrons. The molecule has 0 atom stereocenters. The number of aryl methyl sites for hydroxylation is 1. The number of carbonyl (C=O) groups excluding carboxylic acids is 1. The van der Waals surface area contributed by atoms with Gasteiger partial charge in [-0.3, -0.25) is 14.9 Å². The van der Waals surface area contributed by atoms with E-state index >= 15 is 0 Å². The standard InChI is InChI=1S/C14H10Cl2N2O3/c1-8-2-3-9(6-13(8)16)17-14(19)11-7-10(18(20)21)4-5-12(11)15/h2-7H,1H3,(H,17,19). The van der Waals surface area contributed by atoms with Crippen molar-refractivity contribution < 1.29 is 9.72 Å². The van der Waals surface area contributed by atoms with E-state index in [1.807, 2.05) is 6.92 Å². The third kappa shape index (κ3) is 3.51. The smallest absolute Gasteiger partial charge is 0.270 e. The van der Waals surface area contributed by atoms with Crippen molar-refractivity contribution in [1.82, 2.24) is 0 Å². The first-order chi connectivity index (χ1) is 9.88. The summed E-state index contributed by atoms with van der Waals surface area (Å²) in [4.78, 5) is 22.3. The van der Waals surface area contributed by atoms with Crippen LogP contribution in [0.1, 0.15) is 15.9 Å². The predicted molar refractivity (Wildman–Crippen MR) is 82.2 cm³/mol. The third-order valence-corrected chi connectivity index (χ3v) is 3.57. The maximum atomic E-state index is 12.1. The highest BCUT2D eigenvalue weighted by Gasteiger charge is 2.16. The normalized spacial score (nSPS) is 10.2. The van der Waals surface area contributed by atoms with E-state index in [0.717, 1.165) is 11.6 Å². The molecular formula is C14H10Cl2N2O3. The minimum Gasteiger partial charge on any atom is -0.322 e. The first kappa shape index (κ1) is 15.3. The summed E-state index contributed by atoms with van der Waals surface area (Å²) in [7, 11) is 0. The molecule has 0 fully saturated rings. The number of anilines is 1. The second-order valence-corrected chi connectivity index (χ2v) is 5.15. The van der Waals surface area contributed by atoms with Crippen LogP contribution in [0.25, 0.3) is 0 Å². The van der Waals surface area contributed by atoms with E-state index in [1.165, 1.54) is 12.1 Å². The van der Waals surface area contributed by atoms with Gasteiger partial charge in [0, 0.05) is 22.8 Å². The van der Waals surface area contributed by atoms with Crippen LogP contribution in [0, 0.1) is 17.0 Å². The SMILES string of the molecule is Cc1ccc(NC(=O)c2cc([N+](=O)[O-])ccc2Cl)cc1Cl. The van der Waals surface area contributed by atoms with E-state index < -0.39 is 10.8 Å². The molecule has 0 saturated heterocycles. The molecule has 2 aromatic carbocycles. The van der Waals surface area contributed by atoms with Crippen LogP contribution in [0.2, 0.25) is 10.0 Å². The van der Waals surface area contributed by atoms with Gasteiger partial charge in [-0.05, 0) is 30.7 Å². The van der Waals surface area contributed by atoms with Crippen LogP contribution in [-0.4, -0.2) is 10.8 Å². The summed E-state index contributed by atoms with van der Waals surface area (Å²) >= 11 is 11.9. The van der Waals surface area contributed by atoms with Gasteiger partial charge in [0.15, 0.2) is 0 Å². The number of nitro benzene ring substituents is 1. The summed E-state index contributed by atoms with van der Waals surface area (Å²) in [6.07, 6.45) is 0. The maximum Gasteiger partial charge on any atom is 0.270 e. The van der Waals surface area contributed by atoms with Crippen LogP contribution in [0.3, 0.4) is 0 Å². The Kier molecular flexibility index (Phi) is 4.45. The molecule has 0 heterocycles. The minimum atomic E-state index is -0.587. The number of halogens is 2. The summed E-state index contributed by atoms with van der Waals surface area (Å²) in [5.74, 6) is -0.538. The number of nitrogens with zero attached hydrogens (tertiary/aromatic N) is 1. The topological polar surface area (TPSA) is 72.2 Å². The van der Waals surface area contributed by atoms with Crippen molar-refractivity contribution in [3.63, 3.8) is 0 Å². The summed E-state index contributed by atoms with van der Waals surface area (Å²) < 4.78 is 0. The van der Waals surface area contributed by atoms with Crippen LogP contribution < -0.4 is 5.32 Å². The van der Waals surface area contributed by atoms with Crippen LogP contribution in [-0.2, 0) is 0 Å². The Balaban J connectivity index is 2.29. The predicted octanol–water partition coefficient (Wildman–Crippen LogP) is 4.46. The second-order valence-electron chi connectivity index (χ2n) is 4.34. The van der Waals surface area contributed by atoms with Crippen LogP contribution in [0.4, 0.5) is 11.4 Å². The molecule has 1 amide bonds. The van der Waals surface area contributed by atoms with Gasteiger partial charge in [-0.1, -0.05) is 29.3 Å². The van der Waals surface area contributed by atoms with Gasteiger partial charge in [-0.15, -0.1) is 0 Å². The molecule has 0 unspecified atom stereocenters. The lowest BCUT2D eigenvalue weighted by atomic mass is 10.1.